The normalized spacial score (nSPS) is 14.9. The molecule has 0 fully saturated rings. The zero-order valence-corrected chi connectivity index (χ0v) is 11.5. The second kappa shape index (κ2) is 5.65. The van der Waals surface area contributed by atoms with Gasteiger partial charge in [-0.15, -0.1) is 6.58 Å². The standard InChI is InChI=1S/C10H24N2OSi/c1-8-14(9-2)13-10(3,11(4)5)12(6)7/h8,14H,1,9H2,2-7H3. The van der Waals surface area contributed by atoms with Crippen LogP contribution in [0.3, 0.4) is 0 Å². The molecule has 0 aliphatic rings. The lowest BCUT2D eigenvalue weighted by molar-refractivity contribution is -0.147. The first-order valence-electron chi connectivity index (χ1n) is 5.03. The van der Waals surface area contributed by atoms with Crippen molar-refractivity contribution in [2.75, 3.05) is 28.2 Å². The molecule has 0 saturated carbocycles. The van der Waals surface area contributed by atoms with Gasteiger partial charge in [-0.05, 0) is 41.2 Å². The Hall–Kier alpha value is -0.163. The van der Waals surface area contributed by atoms with Crippen LogP contribution in [0.15, 0.2) is 12.3 Å². The predicted molar refractivity (Wildman–Crippen MR) is 64.7 cm³/mol. The summed E-state index contributed by atoms with van der Waals surface area (Å²) in [6.45, 7) is 8.08. The summed E-state index contributed by atoms with van der Waals surface area (Å²) in [4.78, 5) is 4.18. The van der Waals surface area contributed by atoms with E-state index in [0.29, 0.717) is 0 Å². The molecule has 0 aliphatic carbocycles. The van der Waals surface area contributed by atoms with E-state index in [9.17, 15) is 0 Å². The predicted octanol–water partition coefficient (Wildman–Crippen LogP) is 1.27. The summed E-state index contributed by atoms with van der Waals surface area (Å²) in [5.41, 5.74) is 1.99. The largest absolute Gasteiger partial charge is 0.387 e. The lowest BCUT2D eigenvalue weighted by Gasteiger charge is -2.43. The van der Waals surface area contributed by atoms with E-state index in [2.05, 4.69) is 30.2 Å². The summed E-state index contributed by atoms with van der Waals surface area (Å²) in [7, 11) is 6.88. The highest BCUT2D eigenvalue weighted by molar-refractivity contribution is 6.57. The molecule has 0 aromatic carbocycles. The fraction of sp³-hybridized carbons (Fsp3) is 0.800. The monoisotopic (exact) mass is 216 g/mol. The lowest BCUT2D eigenvalue weighted by atomic mass is 10.4. The number of hydrogen-bond acceptors (Lipinski definition) is 3. The van der Waals surface area contributed by atoms with Gasteiger partial charge in [-0.1, -0.05) is 12.6 Å². The van der Waals surface area contributed by atoms with Gasteiger partial charge in [0.1, 0.15) is 0 Å². The second-order valence-corrected chi connectivity index (χ2v) is 6.62. The van der Waals surface area contributed by atoms with Crippen LogP contribution in [-0.2, 0) is 4.43 Å². The number of hydrogen-bond donors (Lipinski definition) is 0. The van der Waals surface area contributed by atoms with E-state index in [-0.39, 0.29) is 5.85 Å². The van der Waals surface area contributed by atoms with Crippen LogP contribution in [0.2, 0.25) is 6.04 Å². The Kier molecular flexibility index (Phi) is 5.59. The first-order valence-corrected chi connectivity index (χ1v) is 6.99. The third-order valence-corrected chi connectivity index (χ3v) is 4.78. The second-order valence-electron chi connectivity index (χ2n) is 4.02. The molecule has 0 amide bonds. The summed E-state index contributed by atoms with van der Waals surface area (Å²) < 4.78 is 6.13. The molecule has 0 aromatic heterocycles. The SMILES string of the molecule is C=C[SiH](CC)OC(C)(N(C)C)N(C)C. The summed E-state index contributed by atoms with van der Waals surface area (Å²) in [6, 6.07) is 1.08. The van der Waals surface area contributed by atoms with Gasteiger partial charge in [0.05, 0.1) is 0 Å². The Morgan fingerprint density at radius 1 is 1.29 bits per heavy atom. The van der Waals surface area contributed by atoms with E-state index in [4.69, 9.17) is 4.43 Å². The average molecular weight is 216 g/mol. The summed E-state index contributed by atoms with van der Waals surface area (Å²) >= 11 is 0. The molecule has 0 bridgehead atoms. The van der Waals surface area contributed by atoms with Crippen LogP contribution < -0.4 is 0 Å². The third-order valence-electron chi connectivity index (χ3n) is 2.70. The van der Waals surface area contributed by atoms with Crippen LogP contribution in [0, 0.1) is 0 Å². The van der Waals surface area contributed by atoms with Crippen molar-refractivity contribution >= 4 is 9.04 Å². The van der Waals surface area contributed by atoms with Crippen molar-refractivity contribution in [1.82, 2.24) is 9.80 Å². The van der Waals surface area contributed by atoms with Crippen molar-refractivity contribution < 1.29 is 4.43 Å². The highest BCUT2D eigenvalue weighted by Crippen LogP contribution is 2.18. The zero-order valence-electron chi connectivity index (χ0n) is 10.4. The van der Waals surface area contributed by atoms with Gasteiger partial charge in [-0.2, -0.15) is 0 Å². The topological polar surface area (TPSA) is 15.7 Å². The lowest BCUT2D eigenvalue weighted by Crippen LogP contribution is -2.56. The fourth-order valence-corrected chi connectivity index (χ4v) is 2.79. The van der Waals surface area contributed by atoms with Gasteiger partial charge in [-0.25, -0.2) is 0 Å². The molecular weight excluding hydrogens is 192 g/mol. The highest BCUT2D eigenvalue weighted by atomic mass is 28.3. The van der Waals surface area contributed by atoms with Crippen molar-refractivity contribution in [3.63, 3.8) is 0 Å². The molecule has 0 aliphatic heterocycles. The first kappa shape index (κ1) is 13.8. The van der Waals surface area contributed by atoms with E-state index >= 15 is 0 Å². The molecule has 0 heterocycles. The zero-order chi connectivity index (χ0) is 11.4. The van der Waals surface area contributed by atoms with E-state index < -0.39 is 9.04 Å². The molecule has 0 N–H and O–H groups in total. The van der Waals surface area contributed by atoms with Gasteiger partial charge < -0.3 is 4.43 Å². The maximum absolute atomic E-state index is 6.13. The molecular formula is C10H24N2OSi. The van der Waals surface area contributed by atoms with Gasteiger partial charge in [0.2, 0.25) is 9.04 Å². The van der Waals surface area contributed by atoms with E-state index in [1.807, 2.05) is 33.9 Å². The van der Waals surface area contributed by atoms with Crippen molar-refractivity contribution in [1.29, 1.82) is 0 Å². The Bertz CT molecular complexity index is 175. The average Bonchev–Trinajstić information content (AvgIpc) is 2.13. The summed E-state index contributed by atoms with van der Waals surface area (Å²) in [5.74, 6) is -0.318. The maximum Gasteiger partial charge on any atom is 0.204 e. The van der Waals surface area contributed by atoms with Crippen LogP contribution in [-0.4, -0.2) is 52.9 Å². The Morgan fingerprint density at radius 3 is 1.93 bits per heavy atom. The van der Waals surface area contributed by atoms with E-state index in [0.717, 1.165) is 6.04 Å². The molecule has 0 radical (unpaired) electrons. The Morgan fingerprint density at radius 2 is 1.71 bits per heavy atom. The molecule has 84 valence electrons. The molecule has 3 nitrogen and oxygen atoms in total. The fourth-order valence-electron chi connectivity index (χ4n) is 1.20. The van der Waals surface area contributed by atoms with Gasteiger partial charge in [0, 0.05) is 0 Å². The molecule has 4 heteroatoms. The van der Waals surface area contributed by atoms with Crippen molar-refractivity contribution in [2.24, 2.45) is 0 Å². The van der Waals surface area contributed by atoms with Gasteiger partial charge in [-0.3, -0.25) is 9.80 Å². The van der Waals surface area contributed by atoms with Gasteiger partial charge in [0.25, 0.3) is 0 Å². The minimum Gasteiger partial charge on any atom is -0.387 e. The molecule has 0 rings (SSSR count). The summed E-state index contributed by atoms with van der Waals surface area (Å²) in [5, 5.41) is 0. The van der Waals surface area contributed by atoms with Crippen molar-refractivity contribution in [3.05, 3.63) is 12.3 Å². The van der Waals surface area contributed by atoms with Crippen LogP contribution in [0.25, 0.3) is 0 Å². The highest BCUT2D eigenvalue weighted by Gasteiger charge is 2.32. The molecule has 0 aromatic rings. The minimum absolute atomic E-state index is 0.318. The van der Waals surface area contributed by atoms with Crippen molar-refractivity contribution in [2.45, 2.75) is 25.7 Å². The Labute approximate surface area is 90.1 Å². The molecule has 1 atom stereocenters. The van der Waals surface area contributed by atoms with Crippen LogP contribution in [0.5, 0.6) is 0 Å². The summed E-state index contributed by atoms with van der Waals surface area (Å²) in [6.07, 6.45) is 0. The number of nitrogens with zero attached hydrogens (tertiary/aromatic N) is 2. The minimum atomic E-state index is -1.25. The van der Waals surface area contributed by atoms with E-state index in [1.54, 1.807) is 0 Å². The van der Waals surface area contributed by atoms with Crippen LogP contribution in [0.4, 0.5) is 0 Å². The molecule has 0 spiro atoms. The maximum atomic E-state index is 6.13. The van der Waals surface area contributed by atoms with E-state index in [1.165, 1.54) is 0 Å². The van der Waals surface area contributed by atoms with Gasteiger partial charge in [0.15, 0.2) is 5.85 Å². The van der Waals surface area contributed by atoms with Crippen LogP contribution >= 0.6 is 0 Å². The number of rotatable bonds is 6. The van der Waals surface area contributed by atoms with Crippen molar-refractivity contribution in [3.8, 4) is 0 Å². The molecule has 1 unspecified atom stereocenters. The Balaban J connectivity index is 4.59. The third kappa shape index (κ3) is 3.20. The molecule has 0 saturated heterocycles. The van der Waals surface area contributed by atoms with Gasteiger partial charge >= 0.3 is 0 Å². The first-order chi connectivity index (χ1) is 6.38. The molecule has 14 heavy (non-hydrogen) atoms. The smallest absolute Gasteiger partial charge is 0.204 e. The van der Waals surface area contributed by atoms with Crippen LogP contribution in [0.1, 0.15) is 13.8 Å². The quantitative estimate of drug-likeness (QED) is 0.491.